The number of ether oxygens (including phenoxy) is 1. The Morgan fingerprint density at radius 2 is 2.10 bits per heavy atom. The predicted molar refractivity (Wildman–Crippen MR) is 119 cm³/mol. The fourth-order valence-corrected chi connectivity index (χ4v) is 3.77. The first-order valence-electron chi connectivity index (χ1n) is 8.88. The third-order valence-electron chi connectivity index (χ3n) is 4.02. The Bertz CT molecular complexity index is 1140. The molecule has 7 nitrogen and oxygen atoms in total. The number of nitriles is 1. The third kappa shape index (κ3) is 4.80. The second-order valence-electron chi connectivity index (χ2n) is 6.03. The molecule has 2 aromatic carbocycles. The van der Waals surface area contributed by atoms with Gasteiger partial charge in [0.1, 0.15) is 0 Å². The van der Waals surface area contributed by atoms with Crippen LogP contribution in [0.4, 0.5) is 11.4 Å². The Kier molecular flexibility index (Phi) is 6.59. The van der Waals surface area contributed by atoms with Gasteiger partial charge in [0.15, 0.2) is 10.1 Å². The molecule has 0 aliphatic carbocycles. The number of hydrogen-bond acceptors (Lipinski definition) is 6. The van der Waals surface area contributed by atoms with E-state index in [-0.39, 0.29) is 0 Å². The van der Waals surface area contributed by atoms with Crippen molar-refractivity contribution in [3.8, 4) is 6.19 Å². The highest BCUT2D eigenvalue weighted by molar-refractivity contribution is 7.73. The molecule has 0 saturated heterocycles. The number of aromatic amines is 1. The van der Waals surface area contributed by atoms with Crippen LogP contribution in [-0.4, -0.2) is 30.6 Å². The van der Waals surface area contributed by atoms with Crippen molar-refractivity contribution in [2.24, 2.45) is 4.99 Å². The second kappa shape index (κ2) is 9.32. The van der Waals surface area contributed by atoms with Crippen molar-refractivity contribution in [3.05, 3.63) is 52.0 Å². The fraction of sp³-hybridized carbons (Fsp3) is 0.200. The summed E-state index contributed by atoms with van der Waals surface area (Å²) >= 11 is 6.65. The Hall–Kier alpha value is -3.22. The zero-order valence-corrected chi connectivity index (χ0v) is 17.6. The Labute approximate surface area is 177 Å². The van der Waals surface area contributed by atoms with E-state index in [2.05, 4.69) is 21.5 Å². The highest BCUT2D eigenvalue weighted by Gasteiger charge is 2.15. The van der Waals surface area contributed by atoms with Crippen LogP contribution in [-0.2, 0) is 4.74 Å². The van der Waals surface area contributed by atoms with Crippen LogP contribution < -0.4 is 10.2 Å². The number of guanidine groups is 1. The highest BCUT2D eigenvalue weighted by atomic mass is 32.1. The van der Waals surface area contributed by atoms with Crippen molar-refractivity contribution < 1.29 is 9.53 Å². The molecule has 0 spiro atoms. The lowest BCUT2D eigenvalue weighted by molar-refractivity contribution is 0.0601. The molecule has 0 bridgehead atoms. The van der Waals surface area contributed by atoms with Crippen molar-refractivity contribution in [3.63, 3.8) is 0 Å². The Morgan fingerprint density at radius 1 is 1.34 bits per heavy atom. The molecule has 3 aromatic rings. The number of aliphatic imine (C=N–C) groups is 1. The number of nitrogens with zero attached hydrogens (tertiary/aromatic N) is 3. The summed E-state index contributed by atoms with van der Waals surface area (Å²) in [7, 11) is 1.34. The summed E-state index contributed by atoms with van der Waals surface area (Å²) in [6.07, 6.45) is 3.03. The van der Waals surface area contributed by atoms with Gasteiger partial charge < -0.3 is 15.0 Å². The average Bonchev–Trinajstić information content (AvgIpc) is 3.11. The van der Waals surface area contributed by atoms with Gasteiger partial charge in [-0.05, 0) is 61.1 Å². The van der Waals surface area contributed by atoms with Crippen LogP contribution in [0.2, 0.25) is 0 Å². The first-order valence-corrected chi connectivity index (χ1v) is 10.1. The molecule has 0 unspecified atom stereocenters. The predicted octanol–water partition coefficient (Wildman–Crippen LogP) is 4.91. The van der Waals surface area contributed by atoms with Gasteiger partial charge in [-0.3, -0.25) is 4.99 Å². The Balaban J connectivity index is 1.92. The number of esters is 1. The summed E-state index contributed by atoms with van der Waals surface area (Å²) in [5.74, 6) is -0.00381. The molecule has 0 amide bonds. The van der Waals surface area contributed by atoms with E-state index in [0.717, 1.165) is 16.6 Å². The first-order chi connectivity index (χ1) is 14.0. The standard InChI is InChI=1S/C20H19N5O2S2/c1-3-10-22-19(23-14-6-4-13(5-7-14)18(26)27-2)25(12-21)15-8-9-16-17(11-15)29-20(28)24-16/h4-9,11H,3,10H2,1-2H3,(H,22,23)(H,24,28). The molecule has 9 heteroatoms. The van der Waals surface area contributed by atoms with Crippen LogP contribution in [0, 0.1) is 15.4 Å². The van der Waals surface area contributed by atoms with Gasteiger partial charge in [0.2, 0.25) is 5.96 Å². The van der Waals surface area contributed by atoms with E-state index in [1.165, 1.54) is 23.3 Å². The molecule has 0 aliphatic rings. The number of thiazole rings is 1. The summed E-state index contributed by atoms with van der Waals surface area (Å²) < 4.78 is 6.36. The first kappa shape index (κ1) is 20.5. The highest BCUT2D eigenvalue weighted by Crippen LogP contribution is 2.26. The number of benzene rings is 2. The summed E-state index contributed by atoms with van der Waals surface area (Å²) in [5, 5.41) is 13.0. The van der Waals surface area contributed by atoms with E-state index in [4.69, 9.17) is 17.0 Å². The van der Waals surface area contributed by atoms with Crippen molar-refractivity contribution >= 4 is 57.1 Å². The fourth-order valence-electron chi connectivity index (χ4n) is 2.62. The van der Waals surface area contributed by atoms with E-state index < -0.39 is 5.97 Å². The molecule has 148 valence electrons. The summed E-state index contributed by atoms with van der Waals surface area (Å²) in [6, 6.07) is 12.4. The summed E-state index contributed by atoms with van der Waals surface area (Å²) in [6.45, 7) is 2.58. The Morgan fingerprint density at radius 3 is 2.76 bits per heavy atom. The number of anilines is 2. The summed E-state index contributed by atoms with van der Waals surface area (Å²) in [4.78, 5) is 20.7. The van der Waals surface area contributed by atoms with E-state index in [0.29, 0.717) is 33.4 Å². The van der Waals surface area contributed by atoms with Crippen molar-refractivity contribution in [2.75, 3.05) is 23.9 Å². The largest absolute Gasteiger partial charge is 0.465 e. The van der Waals surface area contributed by atoms with Gasteiger partial charge in [-0.25, -0.2) is 9.69 Å². The van der Waals surface area contributed by atoms with Crippen molar-refractivity contribution in [2.45, 2.75) is 13.3 Å². The molecule has 0 aliphatic heterocycles. The van der Waals surface area contributed by atoms with E-state index in [9.17, 15) is 10.1 Å². The zero-order chi connectivity index (χ0) is 20.8. The molecule has 1 heterocycles. The van der Waals surface area contributed by atoms with E-state index in [1.807, 2.05) is 25.1 Å². The van der Waals surface area contributed by atoms with Crippen molar-refractivity contribution in [1.82, 2.24) is 4.98 Å². The number of aromatic nitrogens is 1. The molecular formula is C20H19N5O2S2. The maximum Gasteiger partial charge on any atom is 0.337 e. The molecule has 0 radical (unpaired) electrons. The number of rotatable bonds is 5. The molecule has 0 saturated carbocycles. The van der Waals surface area contributed by atoms with Crippen LogP contribution >= 0.6 is 23.6 Å². The topological polar surface area (TPSA) is 93.5 Å². The molecule has 1 aromatic heterocycles. The number of hydrogen-bond donors (Lipinski definition) is 2. The van der Waals surface area contributed by atoms with Gasteiger partial charge >= 0.3 is 5.97 Å². The molecular weight excluding hydrogens is 406 g/mol. The van der Waals surface area contributed by atoms with Crippen molar-refractivity contribution in [1.29, 1.82) is 5.26 Å². The average molecular weight is 426 g/mol. The molecule has 0 atom stereocenters. The second-order valence-corrected chi connectivity index (χ2v) is 7.75. The molecule has 0 fully saturated rings. The van der Waals surface area contributed by atoms with Crippen LogP contribution in [0.3, 0.4) is 0 Å². The smallest absolute Gasteiger partial charge is 0.337 e. The van der Waals surface area contributed by atoms with Gasteiger partial charge in [0.05, 0.1) is 28.6 Å². The monoisotopic (exact) mass is 425 g/mol. The lowest BCUT2D eigenvalue weighted by Gasteiger charge is -2.19. The van der Waals surface area contributed by atoms with Crippen LogP contribution in [0.5, 0.6) is 0 Å². The quantitative estimate of drug-likeness (QED) is 0.151. The van der Waals surface area contributed by atoms with Gasteiger partial charge in [0.25, 0.3) is 0 Å². The van der Waals surface area contributed by atoms with Gasteiger partial charge in [0, 0.05) is 12.2 Å². The van der Waals surface area contributed by atoms with Crippen LogP contribution in [0.1, 0.15) is 23.7 Å². The normalized spacial score (nSPS) is 11.1. The van der Waals surface area contributed by atoms with Gasteiger partial charge in [-0.15, -0.1) is 11.3 Å². The molecule has 3 rings (SSSR count). The van der Waals surface area contributed by atoms with Crippen LogP contribution in [0.25, 0.3) is 10.2 Å². The third-order valence-corrected chi connectivity index (χ3v) is 5.22. The molecule has 2 N–H and O–H groups in total. The SMILES string of the molecule is CCCN=C(Nc1ccc(C(=O)OC)cc1)N(C#N)c1ccc2[nH]c(=S)sc2c1. The zero-order valence-electron chi connectivity index (χ0n) is 15.9. The minimum Gasteiger partial charge on any atom is -0.465 e. The van der Waals surface area contributed by atoms with Gasteiger partial charge in [-0.2, -0.15) is 5.26 Å². The van der Waals surface area contributed by atoms with E-state index in [1.54, 1.807) is 24.3 Å². The number of carbonyl (C=O) groups excluding carboxylic acids is 1. The number of methoxy groups -OCH3 is 1. The number of nitrogens with one attached hydrogen (secondary N) is 2. The summed E-state index contributed by atoms with van der Waals surface area (Å²) in [5.41, 5.74) is 2.76. The number of carbonyl (C=O) groups is 1. The lowest BCUT2D eigenvalue weighted by atomic mass is 10.2. The minimum atomic E-state index is -0.405. The van der Waals surface area contributed by atoms with Gasteiger partial charge in [-0.1, -0.05) is 6.92 Å². The minimum absolute atomic E-state index is 0.402. The van der Waals surface area contributed by atoms with Crippen LogP contribution in [0.15, 0.2) is 47.5 Å². The lowest BCUT2D eigenvalue weighted by Crippen LogP contribution is -2.33. The maximum absolute atomic E-state index is 11.6. The number of fused-ring (bicyclic) bond motifs is 1. The number of H-pyrrole nitrogens is 1. The maximum atomic E-state index is 11.6. The molecule has 29 heavy (non-hydrogen) atoms. The van der Waals surface area contributed by atoms with E-state index >= 15 is 0 Å².